The lowest BCUT2D eigenvalue weighted by Crippen LogP contribution is -2.57. The molecule has 1 aromatic carbocycles. The van der Waals surface area contributed by atoms with Crippen LogP contribution >= 0.6 is 11.6 Å². The van der Waals surface area contributed by atoms with E-state index in [9.17, 15) is 0 Å². The lowest BCUT2D eigenvalue weighted by molar-refractivity contribution is -0.150. The number of ether oxygens (including phenoxy) is 2. The van der Waals surface area contributed by atoms with E-state index in [0.29, 0.717) is 5.92 Å². The number of benzene rings is 1. The number of rotatable bonds is 2. The second kappa shape index (κ2) is 7.33. The number of aryl methyl sites for hydroxylation is 1. The summed E-state index contributed by atoms with van der Waals surface area (Å²) in [6, 6.07) is 10.3. The minimum atomic E-state index is -0.117. The molecule has 0 unspecified atom stereocenters. The van der Waals surface area contributed by atoms with Crippen molar-refractivity contribution in [2.24, 2.45) is 5.92 Å². The van der Waals surface area contributed by atoms with Crippen LogP contribution in [0.5, 0.6) is 5.75 Å². The SMILES string of the molecule is Cc1ccc(CN2CCC3(CC2)Oc2ccc(Cl)cc2[C@H]2OCCC[C@@H]23)cn1. The van der Waals surface area contributed by atoms with Crippen molar-refractivity contribution in [3.63, 3.8) is 0 Å². The van der Waals surface area contributed by atoms with Crippen molar-refractivity contribution >= 4 is 11.6 Å². The van der Waals surface area contributed by atoms with Crippen molar-refractivity contribution in [2.45, 2.75) is 50.9 Å². The highest BCUT2D eigenvalue weighted by Gasteiger charge is 2.52. The quantitative estimate of drug-likeness (QED) is 0.717. The van der Waals surface area contributed by atoms with Crippen molar-refractivity contribution in [1.29, 1.82) is 0 Å². The van der Waals surface area contributed by atoms with Gasteiger partial charge in [0.15, 0.2) is 0 Å². The molecule has 1 spiro atoms. The molecule has 28 heavy (non-hydrogen) atoms. The molecular formula is C23H27ClN2O2. The summed E-state index contributed by atoms with van der Waals surface area (Å²) in [6.07, 6.45) is 6.47. The molecule has 2 aromatic rings. The van der Waals surface area contributed by atoms with Crippen molar-refractivity contribution in [3.05, 3.63) is 58.4 Å². The zero-order chi connectivity index (χ0) is 19.1. The lowest BCUT2D eigenvalue weighted by Gasteiger charge is -2.53. The maximum Gasteiger partial charge on any atom is 0.126 e. The highest BCUT2D eigenvalue weighted by Crippen LogP contribution is 2.53. The number of fused-ring (bicyclic) bond motifs is 4. The summed E-state index contributed by atoms with van der Waals surface area (Å²) in [5.41, 5.74) is 3.37. The number of hydrogen-bond acceptors (Lipinski definition) is 4. The first-order valence-electron chi connectivity index (χ1n) is 10.4. The highest BCUT2D eigenvalue weighted by molar-refractivity contribution is 6.30. The van der Waals surface area contributed by atoms with Crippen LogP contribution in [0.3, 0.4) is 0 Å². The second-order valence-electron chi connectivity index (χ2n) is 8.47. The Morgan fingerprint density at radius 2 is 2.07 bits per heavy atom. The smallest absolute Gasteiger partial charge is 0.126 e. The predicted molar refractivity (Wildman–Crippen MR) is 110 cm³/mol. The van der Waals surface area contributed by atoms with E-state index in [4.69, 9.17) is 21.1 Å². The Bertz CT molecular complexity index is 846. The van der Waals surface area contributed by atoms with Crippen LogP contribution in [0.1, 0.15) is 48.6 Å². The molecule has 3 aliphatic heterocycles. The molecule has 1 aromatic heterocycles. The van der Waals surface area contributed by atoms with Gasteiger partial charge < -0.3 is 9.47 Å². The van der Waals surface area contributed by atoms with E-state index in [-0.39, 0.29) is 11.7 Å². The fraction of sp³-hybridized carbons (Fsp3) is 0.522. The molecule has 0 bridgehead atoms. The topological polar surface area (TPSA) is 34.6 Å². The number of halogens is 1. The van der Waals surface area contributed by atoms with Crippen molar-refractivity contribution in [3.8, 4) is 5.75 Å². The Labute approximate surface area is 171 Å². The molecule has 148 valence electrons. The van der Waals surface area contributed by atoms with E-state index in [0.717, 1.165) is 67.5 Å². The summed E-state index contributed by atoms with van der Waals surface area (Å²) in [7, 11) is 0. The Hall–Kier alpha value is -1.62. The van der Waals surface area contributed by atoms with Crippen LogP contribution in [-0.2, 0) is 11.3 Å². The van der Waals surface area contributed by atoms with Gasteiger partial charge in [-0.05, 0) is 49.6 Å². The molecular weight excluding hydrogens is 372 g/mol. The van der Waals surface area contributed by atoms with Crippen LogP contribution in [0.15, 0.2) is 36.5 Å². The van der Waals surface area contributed by atoms with Crippen molar-refractivity contribution in [2.75, 3.05) is 19.7 Å². The monoisotopic (exact) mass is 398 g/mol. The molecule has 0 aliphatic carbocycles. The van der Waals surface area contributed by atoms with Crippen LogP contribution in [-0.4, -0.2) is 35.2 Å². The molecule has 3 aliphatic rings. The number of pyridine rings is 1. The van der Waals surface area contributed by atoms with Gasteiger partial charge in [0.2, 0.25) is 0 Å². The molecule has 4 nitrogen and oxygen atoms in total. The summed E-state index contributed by atoms with van der Waals surface area (Å²) < 4.78 is 13.0. The molecule has 2 atom stereocenters. The molecule has 0 saturated carbocycles. The standard InChI is InChI=1S/C23H27ClN2O2/c1-16-4-5-17(14-25-16)15-26-10-8-23(9-11-26)20-3-2-12-27-22(20)19-13-18(24)6-7-21(19)28-23/h4-7,13-14,20,22H,2-3,8-12,15H2,1H3/t20-,22+/m0/s1. The zero-order valence-electron chi connectivity index (χ0n) is 16.4. The van der Waals surface area contributed by atoms with Gasteiger partial charge in [-0.3, -0.25) is 9.88 Å². The zero-order valence-corrected chi connectivity index (χ0v) is 17.1. The summed E-state index contributed by atoms with van der Waals surface area (Å²) in [4.78, 5) is 6.96. The summed E-state index contributed by atoms with van der Waals surface area (Å²) in [5.74, 6) is 1.37. The molecule has 0 N–H and O–H groups in total. The maximum atomic E-state index is 6.72. The van der Waals surface area contributed by atoms with Crippen LogP contribution in [0.4, 0.5) is 0 Å². The second-order valence-corrected chi connectivity index (χ2v) is 8.91. The largest absolute Gasteiger partial charge is 0.486 e. The summed E-state index contributed by atoms with van der Waals surface area (Å²) >= 11 is 6.27. The third-order valence-corrected chi connectivity index (χ3v) is 6.91. The molecule has 0 radical (unpaired) electrons. The van der Waals surface area contributed by atoms with Gasteiger partial charge in [0, 0.05) is 67.5 Å². The van der Waals surface area contributed by atoms with E-state index in [2.05, 4.69) is 22.0 Å². The Morgan fingerprint density at radius 1 is 1.21 bits per heavy atom. The van der Waals surface area contributed by atoms with E-state index in [1.54, 1.807) is 0 Å². The summed E-state index contributed by atoms with van der Waals surface area (Å²) in [5, 5.41) is 0.757. The average molecular weight is 399 g/mol. The number of nitrogens with zero attached hydrogens (tertiary/aromatic N) is 2. The van der Waals surface area contributed by atoms with Gasteiger partial charge in [-0.15, -0.1) is 0 Å². The van der Waals surface area contributed by atoms with Gasteiger partial charge in [-0.25, -0.2) is 0 Å². The van der Waals surface area contributed by atoms with Crippen LogP contribution in [0.25, 0.3) is 0 Å². The number of aromatic nitrogens is 1. The van der Waals surface area contributed by atoms with E-state index < -0.39 is 0 Å². The Balaban J connectivity index is 1.35. The fourth-order valence-corrected chi connectivity index (χ4v) is 5.35. The third kappa shape index (κ3) is 3.32. The van der Waals surface area contributed by atoms with Crippen LogP contribution in [0.2, 0.25) is 5.02 Å². The number of likely N-dealkylation sites (tertiary alicyclic amines) is 1. The lowest BCUT2D eigenvalue weighted by atomic mass is 9.70. The molecule has 0 amide bonds. The Kier molecular flexibility index (Phi) is 4.82. The maximum absolute atomic E-state index is 6.72. The van der Waals surface area contributed by atoms with Gasteiger partial charge in [0.25, 0.3) is 0 Å². The first-order chi connectivity index (χ1) is 13.6. The molecule has 2 fully saturated rings. The Morgan fingerprint density at radius 3 is 2.86 bits per heavy atom. The minimum absolute atomic E-state index is 0.115. The first kappa shape index (κ1) is 18.4. The van der Waals surface area contributed by atoms with Crippen LogP contribution < -0.4 is 4.74 Å². The third-order valence-electron chi connectivity index (χ3n) is 6.67. The molecule has 5 rings (SSSR count). The van der Waals surface area contributed by atoms with Gasteiger partial charge in [-0.1, -0.05) is 17.7 Å². The fourth-order valence-electron chi connectivity index (χ4n) is 5.17. The van der Waals surface area contributed by atoms with Gasteiger partial charge in [-0.2, -0.15) is 0 Å². The molecule has 2 saturated heterocycles. The van der Waals surface area contributed by atoms with Crippen molar-refractivity contribution < 1.29 is 9.47 Å². The minimum Gasteiger partial charge on any atom is -0.486 e. The molecule has 5 heteroatoms. The van der Waals surface area contributed by atoms with Gasteiger partial charge in [0.05, 0.1) is 6.10 Å². The van der Waals surface area contributed by atoms with Crippen LogP contribution in [0, 0.1) is 12.8 Å². The molecule has 4 heterocycles. The van der Waals surface area contributed by atoms with E-state index >= 15 is 0 Å². The van der Waals surface area contributed by atoms with E-state index in [1.807, 2.05) is 31.3 Å². The summed E-state index contributed by atoms with van der Waals surface area (Å²) in [6.45, 7) is 5.90. The number of piperidine rings is 1. The van der Waals surface area contributed by atoms with Crippen molar-refractivity contribution in [1.82, 2.24) is 9.88 Å². The highest BCUT2D eigenvalue weighted by atomic mass is 35.5. The normalized spacial score (nSPS) is 26.4. The predicted octanol–water partition coefficient (Wildman–Crippen LogP) is 4.94. The van der Waals surface area contributed by atoms with E-state index in [1.165, 1.54) is 12.0 Å². The average Bonchev–Trinajstić information content (AvgIpc) is 2.72. The number of hydrogen-bond donors (Lipinski definition) is 0. The van der Waals surface area contributed by atoms with Gasteiger partial charge >= 0.3 is 0 Å². The van der Waals surface area contributed by atoms with Gasteiger partial charge in [0.1, 0.15) is 11.4 Å². The first-order valence-corrected chi connectivity index (χ1v) is 10.7.